The lowest BCUT2D eigenvalue weighted by molar-refractivity contribution is -0.157. The largest absolute Gasteiger partial charge is 0.508 e. The predicted molar refractivity (Wildman–Crippen MR) is 82.1 cm³/mol. The van der Waals surface area contributed by atoms with Gasteiger partial charge in [-0.05, 0) is 6.08 Å². The van der Waals surface area contributed by atoms with Crippen molar-refractivity contribution in [2.75, 3.05) is 45.5 Å². The molecule has 0 aromatic carbocycles. The van der Waals surface area contributed by atoms with Crippen LogP contribution in [-0.2, 0) is 23.7 Å². The van der Waals surface area contributed by atoms with E-state index in [0.29, 0.717) is 13.1 Å². The highest BCUT2D eigenvalue weighted by atomic mass is 32.2. The zero-order valence-corrected chi connectivity index (χ0v) is 13.4. The van der Waals surface area contributed by atoms with Crippen molar-refractivity contribution < 1.29 is 33.3 Å². The molecule has 2 N–H and O–H groups in total. The van der Waals surface area contributed by atoms with Gasteiger partial charge in [0, 0.05) is 18.8 Å². The second kappa shape index (κ2) is 11.7. The molecule has 0 radical (unpaired) electrons. The number of nitrogens with one attached hydrogen (secondary N) is 2. The third-order valence-corrected chi connectivity index (χ3v) is 3.23. The summed E-state index contributed by atoms with van der Waals surface area (Å²) in [5.41, 5.74) is 0. The fraction of sp³-hybridized carbons (Fsp3) is 0.615. The highest BCUT2D eigenvalue weighted by molar-refractivity contribution is 8.13. The highest BCUT2D eigenvalue weighted by Crippen LogP contribution is 2.05. The van der Waals surface area contributed by atoms with Crippen molar-refractivity contribution in [1.29, 1.82) is 0 Å². The molecule has 1 aliphatic rings. The monoisotopic (exact) mass is 348 g/mol. The number of ether oxygens (including phenoxy) is 4. The van der Waals surface area contributed by atoms with Crippen LogP contribution in [0.15, 0.2) is 12.7 Å². The van der Waals surface area contributed by atoms with Gasteiger partial charge in [-0.1, -0.05) is 18.3 Å². The van der Waals surface area contributed by atoms with Gasteiger partial charge in [0.2, 0.25) is 5.91 Å². The number of hydrogen-bond acceptors (Lipinski definition) is 8. The van der Waals surface area contributed by atoms with Gasteiger partial charge in [0.15, 0.2) is 6.10 Å². The lowest BCUT2D eigenvalue weighted by Gasteiger charge is -2.21. The molecule has 1 fully saturated rings. The van der Waals surface area contributed by atoms with E-state index in [1.165, 1.54) is 0 Å². The predicted octanol–water partition coefficient (Wildman–Crippen LogP) is 0.258. The summed E-state index contributed by atoms with van der Waals surface area (Å²) < 4.78 is 19.7. The minimum atomic E-state index is -0.822. The van der Waals surface area contributed by atoms with Gasteiger partial charge in [-0.25, -0.2) is 4.79 Å². The van der Waals surface area contributed by atoms with Gasteiger partial charge in [-0.3, -0.25) is 9.59 Å². The number of rotatable bonds is 8. The van der Waals surface area contributed by atoms with Crippen LogP contribution in [0, 0.1) is 0 Å². The molecule has 0 bridgehead atoms. The van der Waals surface area contributed by atoms with Crippen LogP contribution >= 0.6 is 11.8 Å². The van der Waals surface area contributed by atoms with Gasteiger partial charge in [0.25, 0.3) is 5.24 Å². The summed E-state index contributed by atoms with van der Waals surface area (Å²) in [6.07, 6.45) is -0.145. The average Bonchev–Trinajstić information content (AvgIpc) is 2.56. The van der Waals surface area contributed by atoms with Crippen molar-refractivity contribution in [3.8, 4) is 0 Å². The molecule has 10 heteroatoms. The maximum absolute atomic E-state index is 11.4. The van der Waals surface area contributed by atoms with E-state index in [-0.39, 0.29) is 43.5 Å². The Balaban J connectivity index is 1.96. The van der Waals surface area contributed by atoms with Crippen LogP contribution in [-0.4, -0.2) is 68.9 Å². The SMILES string of the molecule is C=CC(=O)NCCNC(=O)SCCOC(=O)OC1COCOC1. The summed E-state index contributed by atoms with van der Waals surface area (Å²) in [5.74, 6) is -0.00923. The summed E-state index contributed by atoms with van der Waals surface area (Å²) in [6, 6.07) is 0. The van der Waals surface area contributed by atoms with Crippen LogP contribution in [0.4, 0.5) is 9.59 Å². The molecule has 0 aromatic rings. The first-order valence-corrected chi connectivity index (χ1v) is 7.90. The lowest BCUT2D eigenvalue weighted by Crippen LogP contribution is -2.34. The van der Waals surface area contributed by atoms with Crippen LogP contribution in [0.25, 0.3) is 0 Å². The zero-order valence-electron chi connectivity index (χ0n) is 12.6. The van der Waals surface area contributed by atoms with Crippen molar-refractivity contribution in [2.45, 2.75) is 6.10 Å². The Morgan fingerprint density at radius 1 is 1.22 bits per heavy atom. The molecule has 9 nitrogen and oxygen atoms in total. The molecule has 0 unspecified atom stereocenters. The summed E-state index contributed by atoms with van der Waals surface area (Å²) in [5, 5.41) is 4.83. The Hall–Kier alpha value is -1.78. The fourth-order valence-electron chi connectivity index (χ4n) is 1.44. The van der Waals surface area contributed by atoms with E-state index >= 15 is 0 Å². The average molecular weight is 348 g/mol. The first kappa shape index (κ1) is 19.3. The van der Waals surface area contributed by atoms with Crippen LogP contribution in [0.3, 0.4) is 0 Å². The van der Waals surface area contributed by atoms with E-state index in [9.17, 15) is 14.4 Å². The first-order valence-electron chi connectivity index (χ1n) is 6.91. The Labute approximate surface area is 138 Å². The van der Waals surface area contributed by atoms with E-state index in [2.05, 4.69) is 17.2 Å². The number of carbonyl (C=O) groups is 3. The fourth-order valence-corrected chi connectivity index (χ4v) is 1.99. The molecule has 1 rings (SSSR count). The minimum absolute atomic E-state index is 0.0402. The van der Waals surface area contributed by atoms with Crippen molar-refractivity contribution >= 4 is 29.1 Å². The van der Waals surface area contributed by atoms with Gasteiger partial charge in [-0.2, -0.15) is 0 Å². The van der Waals surface area contributed by atoms with Gasteiger partial charge < -0.3 is 29.6 Å². The summed E-state index contributed by atoms with van der Waals surface area (Å²) >= 11 is 0.964. The van der Waals surface area contributed by atoms with Crippen LogP contribution in [0.1, 0.15) is 0 Å². The second-order valence-electron chi connectivity index (χ2n) is 4.26. The maximum atomic E-state index is 11.4. The molecule has 2 amide bonds. The van der Waals surface area contributed by atoms with Crippen LogP contribution in [0.5, 0.6) is 0 Å². The standard InChI is InChI=1S/C13H20N2O7S/c1-2-11(16)14-3-4-15-12(17)23-6-5-21-13(18)22-10-7-19-9-20-8-10/h2,10H,1,3-9H2,(H,14,16)(H,15,17). The Morgan fingerprint density at radius 2 is 1.91 bits per heavy atom. The highest BCUT2D eigenvalue weighted by Gasteiger charge is 2.19. The van der Waals surface area contributed by atoms with Gasteiger partial charge in [-0.15, -0.1) is 0 Å². The molecular formula is C13H20N2O7S. The number of thioether (sulfide) groups is 1. The van der Waals surface area contributed by atoms with Crippen LogP contribution in [0.2, 0.25) is 0 Å². The normalized spacial score (nSPS) is 14.6. The minimum Gasteiger partial charge on any atom is -0.433 e. The van der Waals surface area contributed by atoms with Gasteiger partial charge in [0.1, 0.15) is 13.4 Å². The third kappa shape index (κ3) is 9.76. The summed E-state index contributed by atoms with van der Waals surface area (Å²) in [4.78, 5) is 33.6. The van der Waals surface area contributed by atoms with Crippen LogP contribution < -0.4 is 10.6 Å². The Bertz CT molecular complexity index is 413. The molecule has 0 spiro atoms. The Morgan fingerprint density at radius 3 is 2.61 bits per heavy atom. The van der Waals surface area contributed by atoms with Crippen molar-refractivity contribution in [2.24, 2.45) is 0 Å². The molecule has 0 aromatic heterocycles. The maximum Gasteiger partial charge on any atom is 0.508 e. The van der Waals surface area contributed by atoms with Gasteiger partial charge in [0.05, 0.1) is 13.2 Å². The molecule has 0 atom stereocenters. The topological polar surface area (TPSA) is 112 Å². The molecule has 130 valence electrons. The molecule has 1 heterocycles. The van der Waals surface area contributed by atoms with Crippen molar-refractivity contribution in [1.82, 2.24) is 10.6 Å². The quantitative estimate of drug-likeness (QED) is 0.365. The van der Waals surface area contributed by atoms with E-state index < -0.39 is 12.3 Å². The second-order valence-corrected chi connectivity index (χ2v) is 5.32. The van der Waals surface area contributed by atoms with Gasteiger partial charge >= 0.3 is 6.16 Å². The summed E-state index contributed by atoms with van der Waals surface area (Å²) in [6.45, 7) is 4.70. The van der Waals surface area contributed by atoms with E-state index in [4.69, 9.17) is 18.9 Å². The van der Waals surface area contributed by atoms with Crippen molar-refractivity contribution in [3.63, 3.8) is 0 Å². The summed E-state index contributed by atoms with van der Waals surface area (Å²) in [7, 11) is 0. The smallest absolute Gasteiger partial charge is 0.433 e. The lowest BCUT2D eigenvalue weighted by atomic mass is 10.4. The number of hydrogen-bond donors (Lipinski definition) is 2. The molecule has 0 saturated carbocycles. The molecular weight excluding hydrogens is 328 g/mol. The number of amides is 2. The number of carbonyl (C=O) groups excluding carboxylic acids is 3. The Kier molecular flexibility index (Phi) is 9.84. The molecule has 23 heavy (non-hydrogen) atoms. The van der Waals surface area contributed by atoms with E-state index in [1.807, 2.05) is 0 Å². The van der Waals surface area contributed by atoms with Crippen molar-refractivity contribution in [3.05, 3.63) is 12.7 Å². The third-order valence-electron chi connectivity index (χ3n) is 2.45. The molecule has 1 saturated heterocycles. The van der Waals surface area contributed by atoms with E-state index in [1.54, 1.807) is 0 Å². The zero-order chi connectivity index (χ0) is 16.9. The molecule has 0 aliphatic carbocycles. The first-order chi connectivity index (χ1) is 11.1. The van der Waals surface area contributed by atoms with E-state index in [0.717, 1.165) is 17.8 Å². The molecule has 1 aliphatic heterocycles.